The van der Waals surface area contributed by atoms with Gasteiger partial charge in [-0.2, -0.15) is 0 Å². The van der Waals surface area contributed by atoms with Crippen molar-refractivity contribution < 1.29 is 4.74 Å². The molecule has 0 spiro atoms. The quantitative estimate of drug-likeness (QED) is 0.863. The van der Waals surface area contributed by atoms with Crippen LogP contribution in [0.5, 0.6) is 0 Å². The zero-order valence-electron chi connectivity index (χ0n) is 12.7. The Morgan fingerprint density at radius 2 is 2.14 bits per heavy atom. The molecule has 1 N–H and O–H groups in total. The van der Waals surface area contributed by atoms with Gasteiger partial charge in [0.2, 0.25) is 0 Å². The number of hydrogen-bond acceptors (Lipinski definition) is 2. The number of halogens is 2. The van der Waals surface area contributed by atoms with Crippen molar-refractivity contribution in [3.8, 4) is 0 Å². The molecule has 1 saturated heterocycles. The Balaban J connectivity index is 1.97. The zero-order valence-corrected chi connectivity index (χ0v) is 14.2. The van der Waals surface area contributed by atoms with Gasteiger partial charge in [0, 0.05) is 24.5 Å². The number of nitrogens with one attached hydrogen (secondary N) is 1. The maximum absolute atomic E-state index is 6.25. The van der Waals surface area contributed by atoms with Gasteiger partial charge in [0.25, 0.3) is 0 Å². The van der Waals surface area contributed by atoms with Crippen molar-refractivity contribution in [2.45, 2.75) is 44.1 Å². The largest absolute Gasteiger partial charge is 0.381 e. The molecular weight excluding hydrogens is 305 g/mol. The van der Waals surface area contributed by atoms with E-state index in [4.69, 9.17) is 27.9 Å². The van der Waals surface area contributed by atoms with E-state index in [9.17, 15) is 0 Å². The molecular formula is C17H23Cl2NO. The molecule has 3 atom stereocenters. The van der Waals surface area contributed by atoms with Gasteiger partial charge in [0.05, 0.1) is 16.1 Å². The monoisotopic (exact) mass is 327 g/mol. The second-order valence-electron chi connectivity index (χ2n) is 6.48. The third-order valence-corrected chi connectivity index (χ3v) is 6.28. The average Bonchev–Trinajstić information content (AvgIpc) is 3.19. The summed E-state index contributed by atoms with van der Waals surface area (Å²) in [7, 11) is 1.85. The maximum atomic E-state index is 6.25. The van der Waals surface area contributed by atoms with Crippen LogP contribution in [0.25, 0.3) is 0 Å². The topological polar surface area (TPSA) is 21.3 Å². The molecule has 1 aromatic carbocycles. The summed E-state index contributed by atoms with van der Waals surface area (Å²) >= 11 is 12.3. The van der Waals surface area contributed by atoms with Gasteiger partial charge in [-0.15, -0.1) is 0 Å². The lowest BCUT2D eigenvalue weighted by Gasteiger charge is -2.36. The molecule has 1 aliphatic heterocycles. The molecule has 0 amide bonds. The predicted molar refractivity (Wildman–Crippen MR) is 88.4 cm³/mol. The summed E-state index contributed by atoms with van der Waals surface area (Å²) in [5.74, 6) is 0. The van der Waals surface area contributed by atoms with Crippen LogP contribution in [-0.2, 0) is 10.2 Å². The van der Waals surface area contributed by atoms with Gasteiger partial charge in [-0.05, 0) is 43.5 Å². The average molecular weight is 328 g/mol. The first-order valence-corrected chi connectivity index (χ1v) is 8.54. The third-order valence-electron chi connectivity index (χ3n) is 5.54. The molecule has 2 nitrogen and oxygen atoms in total. The van der Waals surface area contributed by atoms with E-state index >= 15 is 0 Å². The molecule has 1 saturated carbocycles. The fourth-order valence-corrected chi connectivity index (χ4v) is 4.72. The van der Waals surface area contributed by atoms with E-state index in [-0.39, 0.29) is 10.8 Å². The van der Waals surface area contributed by atoms with Crippen LogP contribution in [0.2, 0.25) is 10.0 Å². The van der Waals surface area contributed by atoms with Crippen molar-refractivity contribution in [1.29, 1.82) is 0 Å². The van der Waals surface area contributed by atoms with Crippen molar-refractivity contribution in [3.05, 3.63) is 33.8 Å². The Bertz CT molecular complexity index is 536. The van der Waals surface area contributed by atoms with Crippen molar-refractivity contribution in [2.75, 3.05) is 20.2 Å². The lowest BCUT2D eigenvalue weighted by atomic mass is 9.77. The molecule has 3 unspecified atom stereocenters. The van der Waals surface area contributed by atoms with Gasteiger partial charge in [-0.3, -0.25) is 0 Å². The number of rotatable bonds is 5. The smallest absolute Gasteiger partial charge is 0.0648 e. The number of benzene rings is 1. The number of piperidine rings is 1. The van der Waals surface area contributed by atoms with Gasteiger partial charge in [-0.25, -0.2) is 0 Å². The predicted octanol–water partition coefficient (Wildman–Crippen LogP) is 4.43. The number of methoxy groups -OCH3 is 1. The first kappa shape index (κ1) is 15.6. The number of hydrogen-bond donors (Lipinski definition) is 1. The lowest BCUT2D eigenvalue weighted by Crippen LogP contribution is -2.45. The molecule has 1 heterocycles. The van der Waals surface area contributed by atoms with Gasteiger partial charge in [0.15, 0.2) is 0 Å². The van der Waals surface area contributed by atoms with Crippen molar-refractivity contribution in [3.63, 3.8) is 0 Å². The van der Waals surface area contributed by atoms with Crippen LogP contribution in [-0.4, -0.2) is 26.3 Å². The molecule has 21 heavy (non-hydrogen) atoms. The summed E-state index contributed by atoms with van der Waals surface area (Å²) in [6.45, 7) is 4.32. The van der Waals surface area contributed by atoms with E-state index in [0.717, 1.165) is 32.4 Å². The van der Waals surface area contributed by atoms with E-state index in [1.54, 1.807) is 0 Å². The van der Waals surface area contributed by atoms with E-state index in [1.165, 1.54) is 12.0 Å². The summed E-state index contributed by atoms with van der Waals surface area (Å²) in [4.78, 5) is 0. The Morgan fingerprint density at radius 1 is 1.33 bits per heavy atom. The summed E-state index contributed by atoms with van der Waals surface area (Å²) in [6, 6.07) is 6.15. The molecule has 3 rings (SSSR count). The highest BCUT2D eigenvalue weighted by Gasteiger charge is 2.71. The summed E-state index contributed by atoms with van der Waals surface area (Å²) in [5, 5.41) is 4.86. The molecule has 2 aliphatic rings. The number of fused-ring (bicyclic) bond motifs is 1. The van der Waals surface area contributed by atoms with Gasteiger partial charge in [0.1, 0.15) is 0 Å². The fourth-order valence-electron chi connectivity index (χ4n) is 4.42. The summed E-state index contributed by atoms with van der Waals surface area (Å²) < 4.78 is 5.88. The maximum Gasteiger partial charge on any atom is 0.0648 e. The Labute approximate surface area is 137 Å². The summed E-state index contributed by atoms with van der Waals surface area (Å²) in [6.07, 6.45) is 4.90. The highest BCUT2D eigenvalue weighted by Crippen LogP contribution is 2.70. The minimum atomic E-state index is 0.211. The molecule has 1 aliphatic carbocycles. The molecule has 0 bridgehead atoms. The third kappa shape index (κ3) is 2.31. The number of ether oxygens (including phenoxy) is 1. The van der Waals surface area contributed by atoms with Gasteiger partial charge in [-0.1, -0.05) is 42.6 Å². The van der Waals surface area contributed by atoms with Gasteiger partial charge < -0.3 is 10.1 Å². The first-order chi connectivity index (χ1) is 10.1. The van der Waals surface area contributed by atoms with Crippen LogP contribution in [0, 0.1) is 5.41 Å². The van der Waals surface area contributed by atoms with Gasteiger partial charge >= 0.3 is 0 Å². The molecule has 2 fully saturated rings. The Hall–Kier alpha value is -0.280. The minimum absolute atomic E-state index is 0.211. The van der Waals surface area contributed by atoms with Crippen LogP contribution in [0.4, 0.5) is 0 Å². The van der Waals surface area contributed by atoms with E-state index < -0.39 is 0 Å². The second-order valence-corrected chi connectivity index (χ2v) is 7.30. The zero-order chi connectivity index (χ0) is 15.1. The van der Waals surface area contributed by atoms with Crippen LogP contribution >= 0.6 is 23.2 Å². The molecule has 0 aromatic heterocycles. The molecule has 4 heteroatoms. The van der Waals surface area contributed by atoms with E-state index in [0.29, 0.717) is 16.1 Å². The highest BCUT2D eigenvalue weighted by molar-refractivity contribution is 6.42. The van der Waals surface area contributed by atoms with Crippen LogP contribution in [0.15, 0.2) is 18.2 Å². The Kier molecular flexibility index (Phi) is 4.26. The van der Waals surface area contributed by atoms with Crippen molar-refractivity contribution >= 4 is 23.2 Å². The lowest BCUT2D eigenvalue weighted by molar-refractivity contribution is 0.0150. The summed E-state index contributed by atoms with van der Waals surface area (Å²) in [5.41, 5.74) is 1.76. The van der Waals surface area contributed by atoms with E-state index in [2.05, 4.69) is 24.4 Å². The van der Waals surface area contributed by atoms with Crippen molar-refractivity contribution in [1.82, 2.24) is 5.32 Å². The van der Waals surface area contributed by atoms with Crippen LogP contribution < -0.4 is 5.32 Å². The minimum Gasteiger partial charge on any atom is -0.381 e. The first-order valence-electron chi connectivity index (χ1n) is 7.79. The second kappa shape index (κ2) is 5.73. The fraction of sp³-hybridized carbons (Fsp3) is 0.647. The molecule has 1 aromatic rings. The highest BCUT2D eigenvalue weighted by atomic mass is 35.5. The molecule has 116 valence electrons. The van der Waals surface area contributed by atoms with Crippen LogP contribution in [0.1, 0.15) is 38.2 Å². The normalized spacial score (nSPS) is 32.6. The molecule has 0 radical (unpaired) electrons. The Morgan fingerprint density at radius 3 is 2.81 bits per heavy atom. The SMILES string of the molecule is CCCC(OC)C12CNCCC1(c1ccc(Cl)c(Cl)c1)C2. The van der Waals surface area contributed by atoms with E-state index in [1.807, 2.05) is 13.2 Å². The van der Waals surface area contributed by atoms with Crippen molar-refractivity contribution in [2.24, 2.45) is 5.41 Å². The van der Waals surface area contributed by atoms with Crippen LogP contribution in [0.3, 0.4) is 0 Å². The standard InChI is InChI=1S/C17H23Cl2NO/c1-3-4-15(21-2)17-10-16(17,7-8-20-11-17)12-5-6-13(18)14(19)9-12/h5-6,9,15,20H,3-4,7-8,10-11H2,1-2H3.